The van der Waals surface area contributed by atoms with Gasteiger partial charge >= 0.3 is 6.36 Å². The molecule has 18 heavy (non-hydrogen) atoms. The lowest BCUT2D eigenvalue weighted by molar-refractivity contribution is -0.274. The molecule has 0 amide bonds. The largest absolute Gasteiger partial charge is 0.573 e. The first-order valence-corrected chi connectivity index (χ1v) is 5.43. The van der Waals surface area contributed by atoms with Gasteiger partial charge in [-0.2, -0.15) is 0 Å². The van der Waals surface area contributed by atoms with E-state index < -0.39 is 6.36 Å². The van der Waals surface area contributed by atoms with E-state index in [0.717, 1.165) is 0 Å². The monoisotopic (exact) mass is 256 g/mol. The van der Waals surface area contributed by atoms with Crippen molar-refractivity contribution in [2.45, 2.75) is 19.7 Å². The zero-order valence-electron chi connectivity index (χ0n) is 9.62. The molecule has 0 aliphatic heterocycles. The molecule has 1 aromatic carbocycles. The van der Waals surface area contributed by atoms with E-state index in [1.165, 1.54) is 18.2 Å². The number of benzene rings is 1. The molecule has 1 heterocycles. The molecule has 0 saturated heterocycles. The molecule has 0 fully saturated rings. The second-order valence-electron chi connectivity index (χ2n) is 3.66. The van der Waals surface area contributed by atoms with E-state index >= 15 is 0 Å². The van der Waals surface area contributed by atoms with E-state index in [4.69, 9.17) is 4.42 Å². The summed E-state index contributed by atoms with van der Waals surface area (Å²) >= 11 is 0. The summed E-state index contributed by atoms with van der Waals surface area (Å²) in [5.41, 5.74) is 0.287. The molecule has 0 atom stereocenters. The van der Waals surface area contributed by atoms with Crippen LogP contribution in [0.4, 0.5) is 13.2 Å². The minimum Gasteiger partial charge on any atom is -0.461 e. The third kappa shape index (κ3) is 2.85. The number of para-hydroxylation sites is 1. The Morgan fingerprint density at radius 2 is 1.83 bits per heavy atom. The summed E-state index contributed by atoms with van der Waals surface area (Å²) in [4.78, 5) is 0. The van der Waals surface area contributed by atoms with Gasteiger partial charge in [0.05, 0.1) is 5.56 Å². The lowest BCUT2D eigenvalue weighted by atomic mass is 10.1. The van der Waals surface area contributed by atoms with Gasteiger partial charge in [-0.25, -0.2) is 0 Å². The average molecular weight is 256 g/mol. The fraction of sp³-hybridized carbons (Fsp3) is 0.231. The summed E-state index contributed by atoms with van der Waals surface area (Å²) in [6.07, 6.45) is -4.03. The van der Waals surface area contributed by atoms with E-state index in [2.05, 4.69) is 4.74 Å². The summed E-state index contributed by atoms with van der Waals surface area (Å²) in [5, 5.41) is 0. The fourth-order valence-corrected chi connectivity index (χ4v) is 1.60. The Hall–Kier alpha value is -1.91. The van der Waals surface area contributed by atoms with E-state index in [1.54, 1.807) is 18.2 Å². The van der Waals surface area contributed by atoms with Crippen molar-refractivity contribution in [3.8, 4) is 17.1 Å². The van der Waals surface area contributed by atoms with Crippen LogP contribution in [0.5, 0.6) is 5.75 Å². The van der Waals surface area contributed by atoms with Crippen molar-refractivity contribution in [2.75, 3.05) is 0 Å². The summed E-state index contributed by atoms with van der Waals surface area (Å²) in [6, 6.07) is 9.27. The number of hydrogen-bond donors (Lipinski definition) is 0. The maximum absolute atomic E-state index is 12.3. The number of hydrogen-bond acceptors (Lipinski definition) is 2. The van der Waals surface area contributed by atoms with Crippen molar-refractivity contribution in [3.05, 3.63) is 42.2 Å². The Morgan fingerprint density at radius 3 is 2.44 bits per heavy atom. The maximum Gasteiger partial charge on any atom is 0.573 e. The predicted octanol–water partition coefficient (Wildman–Crippen LogP) is 4.41. The Bertz CT molecular complexity index is 529. The molecule has 0 aliphatic rings. The molecule has 2 nitrogen and oxygen atoms in total. The van der Waals surface area contributed by atoms with Crippen molar-refractivity contribution in [1.29, 1.82) is 0 Å². The Balaban J connectivity index is 2.38. The van der Waals surface area contributed by atoms with E-state index in [-0.39, 0.29) is 11.3 Å². The van der Waals surface area contributed by atoms with E-state index in [9.17, 15) is 13.2 Å². The van der Waals surface area contributed by atoms with Crippen molar-refractivity contribution < 1.29 is 22.3 Å². The number of alkyl halides is 3. The van der Waals surface area contributed by atoms with Gasteiger partial charge in [0.2, 0.25) is 0 Å². The topological polar surface area (TPSA) is 22.4 Å². The highest BCUT2D eigenvalue weighted by atomic mass is 19.4. The quantitative estimate of drug-likeness (QED) is 0.811. The minimum atomic E-state index is -4.71. The molecule has 0 spiro atoms. The van der Waals surface area contributed by atoms with Crippen LogP contribution in [0.1, 0.15) is 12.7 Å². The van der Waals surface area contributed by atoms with Crippen LogP contribution in [0.2, 0.25) is 0 Å². The van der Waals surface area contributed by atoms with E-state index in [1.807, 2.05) is 6.92 Å². The normalized spacial score (nSPS) is 11.6. The van der Waals surface area contributed by atoms with Gasteiger partial charge in [0.25, 0.3) is 0 Å². The smallest absolute Gasteiger partial charge is 0.461 e. The molecule has 96 valence electrons. The summed E-state index contributed by atoms with van der Waals surface area (Å²) in [5.74, 6) is 0.820. The highest BCUT2D eigenvalue weighted by Crippen LogP contribution is 2.34. The Morgan fingerprint density at radius 1 is 1.11 bits per heavy atom. The molecule has 0 N–H and O–H groups in total. The van der Waals surface area contributed by atoms with E-state index in [0.29, 0.717) is 17.9 Å². The van der Waals surface area contributed by atoms with Crippen LogP contribution < -0.4 is 4.74 Å². The number of aryl methyl sites for hydroxylation is 1. The summed E-state index contributed by atoms with van der Waals surface area (Å²) < 4.78 is 46.2. The van der Waals surface area contributed by atoms with Crippen LogP contribution in [-0.2, 0) is 6.42 Å². The first-order chi connectivity index (χ1) is 8.49. The van der Waals surface area contributed by atoms with Gasteiger partial charge in [0, 0.05) is 6.42 Å². The molecule has 0 unspecified atom stereocenters. The van der Waals surface area contributed by atoms with Gasteiger partial charge in [-0.1, -0.05) is 19.1 Å². The van der Waals surface area contributed by atoms with Crippen molar-refractivity contribution >= 4 is 0 Å². The molecule has 0 saturated carbocycles. The highest BCUT2D eigenvalue weighted by molar-refractivity contribution is 5.65. The SMILES string of the molecule is CCc1ccc(-c2ccccc2OC(F)(F)F)o1. The maximum atomic E-state index is 12.3. The molecule has 1 aromatic heterocycles. The number of rotatable bonds is 3. The van der Waals surface area contributed by atoms with Gasteiger partial charge in [-0.15, -0.1) is 13.2 Å². The molecule has 5 heteroatoms. The van der Waals surface area contributed by atoms with Crippen LogP contribution >= 0.6 is 0 Å². The lowest BCUT2D eigenvalue weighted by Gasteiger charge is -2.11. The second kappa shape index (κ2) is 4.76. The summed E-state index contributed by atoms with van der Waals surface area (Å²) in [6.45, 7) is 1.90. The zero-order valence-corrected chi connectivity index (χ0v) is 9.62. The van der Waals surface area contributed by atoms with Gasteiger partial charge in [-0.3, -0.25) is 0 Å². The van der Waals surface area contributed by atoms with Crippen LogP contribution in [0, 0.1) is 0 Å². The molecule has 0 radical (unpaired) electrons. The van der Waals surface area contributed by atoms with Gasteiger partial charge in [0.1, 0.15) is 17.3 Å². The van der Waals surface area contributed by atoms with Gasteiger partial charge in [0.15, 0.2) is 0 Å². The van der Waals surface area contributed by atoms with Crippen molar-refractivity contribution in [2.24, 2.45) is 0 Å². The van der Waals surface area contributed by atoms with Crippen molar-refractivity contribution in [1.82, 2.24) is 0 Å². The number of halogens is 3. The van der Waals surface area contributed by atoms with Crippen LogP contribution in [-0.4, -0.2) is 6.36 Å². The molecule has 2 rings (SSSR count). The number of ether oxygens (including phenoxy) is 1. The first-order valence-electron chi connectivity index (χ1n) is 5.43. The highest BCUT2D eigenvalue weighted by Gasteiger charge is 2.32. The van der Waals surface area contributed by atoms with Crippen LogP contribution in [0.25, 0.3) is 11.3 Å². The zero-order chi connectivity index (χ0) is 13.2. The van der Waals surface area contributed by atoms with Crippen molar-refractivity contribution in [3.63, 3.8) is 0 Å². The molecular weight excluding hydrogens is 245 g/mol. The number of furan rings is 1. The third-order valence-electron chi connectivity index (χ3n) is 2.39. The van der Waals surface area contributed by atoms with Crippen LogP contribution in [0.3, 0.4) is 0 Å². The Kier molecular flexibility index (Phi) is 3.32. The van der Waals surface area contributed by atoms with Gasteiger partial charge in [-0.05, 0) is 24.3 Å². The Labute approximate surface area is 102 Å². The second-order valence-corrected chi connectivity index (χ2v) is 3.66. The predicted molar refractivity (Wildman–Crippen MR) is 60.2 cm³/mol. The summed E-state index contributed by atoms with van der Waals surface area (Å²) in [7, 11) is 0. The van der Waals surface area contributed by atoms with Gasteiger partial charge < -0.3 is 9.15 Å². The standard InChI is InChI=1S/C13H11F3O2/c1-2-9-7-8-11(17-9)10-5-3-4-6-12(10)18-13(14,15)16/h3-8H,2H2,1H3. The molecular formula is C13H11F3O2. The fourth-order valence-electron chi connectivity index (χ4n) is 1.60. The molecule has 0 aliphatic carbocycles. The lowest BCUT2D eigenvalue weighted by Crippen LogP contribution is -2.17. The molecule has 2 aromatic rings. The average Bonchev–Trinajstić information content (AvgIpc) is 2.76. The third-order valence-corrected chi connectivity index (χ3v) is 2.39. The van der Waals surface area contributed by atoms with Crippen LogP contribution in [0.15, 0.2) is 40.8 Å². The first kappa shape index (κ1) is 12.5. The minimum absolute atomic E-state index is 0.262. The molecule has 0 bridgehead atoms.